The molecule has 18 heavy (non-hydrogen) atoms. The van der Waals surface area contributed by atoms with Crippen LogP contribution in [0, 0.1) is 12.7 Å². The van der Waals surface area contributed by atoms with Gasteiger partial charge in [0.05, 0.1) is 12.7 Å². The van der Waals surface area contributed by atoms with Gasteiger partial charge in [-0.2, -0.15) is 9.97 Å². The predicted octanol–water partition coefficient (Wildman–Crippen LogP) is 1.35. The van der Waals surface area contributed by atoms with Crippen LogP contribution in [0.15, 0.2) is 10.7 Å². The molecule has 2 aromatic rings. The van der Waals surface area contributed by atoms with E-state index >= 15 is 0 Å². The summed E-state index contributed by atoms with van der Waals surface area (Å²) in [5, 5.41) is 9.31. The lowest BCUT2D eigenvalue weighted by molar-refractivity contribution is 0.379. The fourth-order valence-corrected chi connectivity index (χ4v) is 1.31. The van der Waals surface area contributed by atoms with E-state index in [-0.39, 0.29) is 12.4 Å². The minimum Gasteiger partial charge on any atom is -0.358 e. The minimum atomic E-state index is -0.534. The number of halogens is 1. The number of nitrogens with one attached hydrogen (secondary N) is 2. The van der Waals surface area contributed by atoms with Crippen molar-refractivity contribution in [2.24, 2.45) is 0 Å². The number of rotatable bonds is 5. The van der Waals surface area contributed by atoms with Gasteiger partial charge >= 0.3 is 0 Å². The van der Waals surface area contributed by atoms with E-state index in [1.165, 1.54) is 0 Å². The van der Waals surface area contributed by atoms with Crippen molar-refractivity contribution < 1.29 is 8.91 Å². The summed E-state index contributed by atoms with van der Waals surface area (Å²) in [5.41, 5.74) is 0. The Morgan fingerprint density at radius 2 is 2.17 bits per heavy atom. The smallest absolute Gasteiger partial charge is 0.245 e. The molecule has 0 bridgehead atoms. The van der Waals surface area contributed by atoms with Crippen molar-refractivity contribution in [2.45, 2.75) is 20.4 Å². The first-order valence-electron chi connectivity index (χ1n) is 5.48. The molecule has 0 aliphatic carbocycles. The van der Waals surface area contributed by atoms with Gasteiger partial charge in [-0.15, -0.1) is 0 Å². The van der Waals surface area contributed by atoms with E-state index in [1.54, 1.807) is 6.92 Å². The molecule has 2 heterocycles. The minimum absolute atomic E-state index is 0.0943. The first kappa shape index (κ1) is 12.2. The second-order valence-corrected chi connectivity index (χ2v) is 3.51. The Kier molecular flexibility index (Phi) is 3.66. The van der Waals surface area contributed by atoms with Crippen molar-refractivity contribution in [1.29, 1.82) is 0 Å². The fourth-order valence-electron chi connectivity index (χ4n) is 1.31. The maximum absolute atomic E-state index is 13.4. The maximum Gasteiger partial charge on any atom is 0.245 e. The van der Waals surface area contributed by atoms with Crippen LogP contribution in [0.4, 0.5) is 16.2 Å². The molecule has 2 N–H and O–H groups in total. The quantitative estimate of drug-likeness (QED) is 0.830. The van der Waals surface area contributed by atoms with E-state index in [9.17, 15) is 4.39 Å². The van der Waals surface area contributed by atoms with Gasteiger partial charge in [0, 0.05) is 6.54 Å². The summed E-state index contributed by atoms with van der Waals surface area (Å²) in [4.78, 5) is 11.8. The lowest BCUT2D eigenvalue weighted by atomic mass is 10.5. The molecule has 8 heteroatoms. The summed E-state index contributed by atoms with van der Waals surface area (Å²) in [6.07, 6.45) is 1.10. The van der Waals surface area contributed by atoms with Crippen molar-refractivity contribution in [3.63, 3.8) is 0 Å². The Labute approximate surface area is 103 Å². The third kappa shape index (κ3) is 2.90. The van der Waals surface area contributed by atoms with Gasteiger partial charge in [0.1, 0.15) is 0 Å². The summed E-state index contributed by atoms with van der Waals surface area (Å²) < 4.78 is 18.3. The number of aromatic nitrogens is 4. The van der Waals surface area contributed by atoms with Crippen LogP contribution in [0.3, 0.4) is 0 Å². The molecule has 0 unspecified atom stereocenters. The fraction of sp³-hybridized carbons (Fsp3) is 0.400. The standard InChI is InChI=1S/C10H13FN6O/c1-3-12-10-14-4-7(11)9(16-10)13-5-8-15-6(2)17-18-8/h4H,3,5H2,1-2H3,(H2,12,13,14,16). The second kappa shape index (κ2) is 5.39. The highest BCUT2D eigenvalue weighted by Crippen LogP contribution is 2.12. The lowest BCUT2D eigenvalue weighted by Gasteiger charge is -2.06. The number of hydrogen-bond acceptors (Lipinski definition) is 7. The van der Waals surface area contributed by atoms with Crippen molar-refractivity contribution in [3.05, 3.63) is 23.7 Å². The molecule has 0 spiro atoms. The molecule has 0 fully saturated rings. The van der Waals surface area contributed by atoms with Gasteiger partial charge in [0.25, 0.3) is 0 Å². The van der Waals surface area contributed by atoms with E-state index in [2.05, 4.69) is 30.7 Å². The van der Waals surface area contributed by atoms with E-state index in [1.807, 2.05) is 6.92 Å². The lowest BCUT2D eigenvalue weighted by Crippen LogP contribution is -2.08. The molecular formula is C10H13FN6O. The molecule has 2 aromatic heterocycles. The first-order chi connectivity index (χ1) is 8.69. The highest BCUT2D eigenvalue weighted by Gasteiger charge is 2.08. The highest BCUT2D eigenvalue weighted by molar-refractivity contribution is 5.40. The molecule has 0 saturated carbocycles. The van der Waals surface area contributed by atoms with Crippen LogP contribution < -0.4 is 10.6 Å². The number of aryl methyl sites for hydroxylation is 1. The van der Waals surface area contributed by atoms with Crippen LogP contribution in [-0.2, 0) is 6.54 Å². The van der Waals surface area contributed by atoms with Crippen LogP contribution in [-0.4, -0.2) is 26.7 Å². The summed E-state index contributed by atoms with van der Waals surface area (Å²) in [6, 6.07) is 0. The average molecular weight is 252 g/mol. The Balaban J connectivity index is 2.05. The second-order valence-electron chi connectivity index (χ2n) is 3.51. The van der Waals surface area contributed by atoms with E-state index in [4.69, 9.17) is 4.52 Å². The van der Waals surface area contributed by atoms with Crippen LogP contribution in [0.2, 0.25) is 0 Å². The molecular weight excluding hydrogens is 239 g/mol. The molecule has 0 amide bonds. The monoisotopic (exact) mass is 252 g/mol. The van der Waals surface area contributed by atoms with Crippen LogP contribution >= 0.6 is 0 Å². The van der Waals surface area contributed by atoms with E-state index < -0.39 is 5.82 Å². The Hall–Kier alpha value is -2.25. The normalized spacial score (nSPS) is 10.4. The van der Waals surface area contributed by atoms with E-state index in [0.717, 1.165) is 6.20 Å². The summed E-state index contributed by atoms with van der Waals surface area (Å²) >= 11 is 0. The van der Waals surface area contributed by atoms with Crippen molar-refractivity contribution in [2.75, 3.05) is 17.2 Å². The SMILES string of the molecule is CCNc1ncc(F)c(NCc2nc(C)no2)n1. The third-order valence-electron chi connectivity index (χ3n) is 2.06. The van der Waals surface area contributed by atoms with Gasteiger partial charge in [0.2, 0.25) is 11.8 Å². The highest BCUT2D eigenvalue weighted by atomic mass is 19.1. The average Bonchev–Trinajstić information content (AvgIpc) is 2.76. The molecule has 0 atom stereocenters. The zero-order valence-corrected chi connectivity index (χ0v) is 10.1. The van der Waals surface area contributed by atoms with Gasteiger partial charge in [-0.1, -0.05) is 5.16 Å². The first-order valence-corrected chi connectivity index (χ1v) is 5.48. The van der Waals surface area contributed by atoms with Crippen LogP contribution in [0.1, 0.15) is 18.6 Å². The topological polar surface area (TPSA) is 88.8 Å². The van der Waals surface area contributed by atoms with Crippen molar-refractivity contribution >= 4 is 11.8 Å². The molecule has 0 radical (unpaired) electrons. The molecule has 0 aliphatic heterocycles. The Morgan fingerprint density at radius 1 is 1.33 bits per heavy atom. The summed E-state index contributed by atoms with van der Waals surface area (Å²) in [5.74, 6) is 0.826. The number of nitrogens with zero attached hydrogens (tertiary/aromatic N) is 4. The largest absolute Gasteiger partial charge is 0.358 e. The van der Waals surface area contributed by atoms with Gasteiger partial charge in [0.15, 0.2) is 17.5 Å². The molecule has 0 aliphatic rings. The molecule has 2 rings (SSSR count). The Morgan fingerprint density at radius 3 is 2.83 bits per heavy atom. The van der Waals surface area contributed by atoms with Gasteiger partial charge in [-0.05, 0) is 13.8 Å². The molecule has 7 nitrogen and oxygen atoms in total. The van der Waals surface area contributed by atoms with Crippen LogP contribution in [0.25, 0.3) is 0 Å². The molecule has 96 valence electrons. The van der Waals surface area contributed by atoms with E-state index in [0.29, 0.717) is 24.2 Å². The molecule has 0 aromatic carbocycles. The zero-order valence-electron chi connectivity index (χ0n) is 10.1. The van der Waals surface area contributed by atoms with Gasteiger partial charge in [-0.3, -0.25) is 0 Å². The summed E-state index contributed by atoms with van der Waals surface area (Å²) in [6.45, 7) is 4.48. The number of hydrogen-bond donors (Lipinski definition) is 2. The molecule has 0 saturated heterocycles. The van der Waals surface area contributed by atoms with Crippen molar-refractivity contribution in [3.8, 4) is 0 Å². The number of anilines is 2. The zero-order chi connectivity index (χ0) is 13.0. The van der Waals surface area contributed by atoms with Crippen LogP contribution in [0.5, 0.6) is 0 Å². The summed E-state index contributed by atoms with van der Waals surface area (Å²) in [7, 11) is 0. The van der Waals surface area contributed by atoms with Crippen molar-refractivity contribution in [1.82, 2.24) is 20.1 Å². The third-order valence-corrected chi connectivity index (χ3v) is 2.06. The van der Waals surface area contributed by atoms with Gasteiger partial charge in [-0.25, -0.2) is 9.37 Å². The van der Waals surface area contributed by atoms with Gasteiger partial charge < -0.3 is 15.2 Å². The maximum atomic E-state index is 13.4. The Bertz CT molecular complexity index is 529. The predicted molar refractivity (Wildman–Crippen MR) is 62.5 cm³/mol.